The lowest BCUT2D eigenvalue weighted by atomic mass is 10.1. The van der Waals surface area contributed by atoms with E-state index >= 15 is 0 Å². The van der Waals surface area contributed by atoms with E-state index < -0.39 is 0 Å². The highest BCUT2D eigenvalue weighted by Crippen LogP contribution is 2.17. The second-order valence-corrected chi connectivity index (χ2v) is 5.77. The Bertz CT molecular complexity index is 792. The largest absolute Gasteiger partial charge is 0.353 e. The van der Waals surface area contributed by atoms with Crippen LogP contribution < -0.4 is 5.32 Å². The van der Waals surface area contributed by atoms with Crippen molar-refractivity contribution in [1.29, 1.82) is 0 Å². The van der Waals surface area contributed by atoms with Crippen molar-refractivity contribution in [3.05, 3.63) is 47.3 Å². The van der Waals surface area contributed by atoms with Crippen LogP contribution in [0.4, 0.5) is 5.95 Å². The van der Waals surface area contributed by atoms with Crippen molar-refractivity contribution in [1.82, 2.24) is 19.5 Å². The summed E-state index contributed by atoms with van der Waals surface area (Å²) < 4.78 is 1.97. The Morgan fingerprint density at radius 1 is 1.05 bits per heavy atom. The van der Waals surface area contributed by atoms with Crippen molar-refractivity contribution < 1.29 is 0 Å². The molecule has 1 atom stereocenters. The van der Waals surface area contributed by atoms with Gasteiger partial charge in [-0.15, -0.1) is 0 Å². The van der Waals surface area contributed by atoms with Crippen LogP contribution in [0.25, 0.3) is 11.3 Å². The van der Waals surface area contributed by atoms with E-state index in [0.29, 0.717) is 5.65 Å². The summed E-state index contributed by atoms with van der Waals surface area (Å²) in [5.41, 5.74) is 4.69. The third-order valence-electron chi connectivity index (χ3n) is 3.88. The summed E-state index contributed by atoms with van der Waals surface area (Å²) in [7, 11) is 1.97. The molecule has 0 spiro atoms. The molecule has 0 fully saturated rings. The molecule has 2 aromatic heterocycles. The number of nitrogens with zero attached hydrogens (tertiary/aromatic N) is 4. The SMILES string of the molecule is Cc1nc2nc(NC(C)Cc3ccccc3)n(C)c2nc1C. The smallest absolute Gasteiger partial charge is 0.206 e. The van der Waals surface area contributed by atoms with E-state index in [1.54, 1.807) is 0 Å². The quantitative estimate of drug-likeness (QED) is 0.804. The highest BCUT2D eigenvalue weighted by molar-refractivity contribution is 5.70. The van der Waals surface area contributed by atoms with E-state index in [-0.39, 0.29) is 6.04 Å². The first-order valence-corrected chi connectivity index (χ1v) is 7.52. The molecule has 0 saturated carbocycles. The van der Waals surface area contributed by atoms with Gasteiger partial charge in [-0.1, -0.05) is 30.3 Å². The van der Waals surface area contributed by atoms with Crippen molar-refractivity contribution in [3.63, 3.8) is 0 Å². The van der Waals surface area contributed by atoms with Gasteiger partial charge in [-0.3, -0.25) is 4.57 Å². The molecule has 1 N–H and O–H groups in total. The van der Waals surface area contributed by atoms with Gasteiger partial charge in [0.2, 0.25) is 5.95 Å². The van der Waals surface area contributed by atoms with Gasteiger partial charge in [-0.2, -0.15) is 4.98 Å². The van der Waals surface area contributed by atoms with E-state index in [0.717, 1.165) is 29.4 Å². The fourth-order valence-electron chi connectivity index (χ4n) is 2.52. The molecule has 0 bridgehead atoms. The molecular formula is C17H21N5. The number of anilines is 1. The molecule has 0 saturated heterocycles. The van der Waals surface area contributed by atoms with E-state index in [1.807, 2.05) is 31.5 Å². The summed E-state index contributed by atoms with van der Waals surface area (Å²) in [5.74, 6) is 0.809. The highest BCUT2D eigenvalue weighted by Gasteiger charge is 2.13. The molecule has 0 aliphatic carbocycles. The first-order valence-electron chi connectivity index (χ1n) is 7.52. The van der Waals surface area contributed by atoms with Crippen LogP contribution in [-0.4, -0.2) is 25.6 Å². The normalized spacial score (nSPS) is 12.5. The Labute approximate surface area is 130 Å². The van der Waals surface area contributed by atoms with Crippen LogP contribution in [-0.2, 0) is 13.5 Å². The van der Waals surface area contributed by atoms with Crippen molar-refractivity contribution in [2.24, 2.45) is 7.05 Å². The Kier molecular flexibility index (Phi) is 3.79. The summed E-state index contributed by atoms with van der Waals surface area (Å²) in [6.45, 7) is 6.09. The van der Waals surface area contributed by atoms with Gasteiger partial charge in [-0.25, -0.2) is 9.97 Å². The number of aromatic nitrogens is 4. The molecule has 0 aliphatic rings. The lowest BCUT2D eigenvalue weighted by Crippen LogP contribution is -2.20. The van der Waals surface area contributed by atoms with E-state index in [2.05, 4.69) is 51.5 Å². The van der Waals surface area contributed by atoms with Crippen molar-refractivity contribution in [3.8, 4) is 0 Å². The number of aryl methyl sites for hydroxylation is 3. The molecule has 1 unspecified atom stereocenters. The van der Waals surface area contributed by atoms with Crippen LogP contribution in [0.1, 0.15) is 23.9 Å². The molecule has 0 amide bonds. The minimum absolute atomic E-state index is 0.278. The second-order valence-electron chi connectivity index (χ2n) is 5.77. The maximum Gasteiger partial charge on any atom is 0.206 e. The average molecular weight is 295 g/mol. The molecule has 3 rings (SSSR count). The molecule has 22 heavy (non-hydrogen) atoms. The van der Waals surface area contributed by atoms with E-state index in [4.69, 9.17) is 0 Å². The first kappa shape index (κ1) is 14.5. The van der Waals surface area contributed by atoms with Crippen LogP contribution in [0.3, 0.4) is 0 Å². The van der Waals surface area contributed by atoms with Crippen molar-refractivity contribution >= 4 is 17.2 Å². The molecule has 5 nitrogen and oxygen atoms in total. The molecule has 114 valence electrons. The van der Waals surface area contributed by atoms with Crippen LogP contribution in [0.15, 0.2) is 30.3 Å². The fraction of sp³-hybridized carbons (Fsp3) is 0.353. The number of imidazole rings is 1. The van der Waals surface area contributed by atoms with Gasteiger partial charge in [0.05, 0.1) is 11.4 Å². The fourth-order valence-corrected chi connectivity index (χ4v) is 2.52. The van der Waals surface area contributed by atoms with Crippen LogP contribution >= 0.6 is 0 Å². The standard InChI is InChI=1S/C17H21N5/c1-11(10-14-8-6-5-7-9-14)18-17-21-15-16(22(17)4)20-13(3)12(2)19-15/h5-9,11H,10H2,1-4H3,(H,18,19,21). The number of fused-ring (bicyclic) bond motifs is 1. The minimum Gasteiger partial charge on any atom is -0.353 e. The lowest BCUT2D eigenvalue weighted by molar-refractivity contribution is 0.764. The van der Waals surface area contributed by atoms with Gasteiger partial charge in [-0.05, 0) is 32.8 Å². The Morgan fingerprint density at radius 2 is 1.73 bits per heavy atom. The molecule has 1 aromatic carbocycles. The minimum atomic E-state index is 0.278. The Balaban J connectivity index is 1.83. The second kappa shape index (κ2) is 5.75. The molecule has 0 radical (unpaired) electrons. The number of nitrogens with one attached hydrogen (secondary N) is 1. The number of benzene rings is 1. The van der Waals surface area contributed by atoms with Crippen LogP contribution in [0.5, 0.6) is 0 Å². The first-order chi connectivity index (χ1) is 10.5. The van der Waals surface area contributed by atoms with Crippen molar-refractivity contribution in [2.45, 2.75) is 33.2 Å². The third-order valence-corrected chi connectivity index (χ3v) is 3.88. The summed E-state index contributed by atoms with van der Waals surface area (Å²) >= 11 is 0. The maximum atomic E-state index is 4.58. The van der Waals surface area contributed by atoms with Gasteiger partial charge < -0.3 is 5.32 Å². The van der Waals surface area contributed by atoms with Gasteiger partial charge >= 0.3 is 0 Å². The lowest BCUT2D eigenvalue weighted by Gasteiger charge is -2.14. The zero-order valence-electron chi connectivity index (χ0n) is 13.5. The monoisotopic (exact) mass is 295 g/mol. The van der Waals surface area contributed by atoms with Gasteiger partial charge in [0.1, 0.15) is 0 Å². The zero-order valence-corrected chi connectivity index (χ0v) is 13.5. The molecule has 2 heterocycles. The number of hydrogen-bond donors (Lipinski definition) is 1. The molecule has 5 heteroatoms. The average Bonchev–Trinajstić information content (AvgIpc) is 2.77. The summed E-state index contributed by atoms with van der Waals surface area (Å²) in [6, 6.07) is 10.7. The van der Waals surface area contributed by atoms with Crippen LogP contribution in [0, 0.1) is 13.8 Å². The number of hydrogen-bond acceptors (Lipinski definition) is 4. The molecular weight excluding hydrogens is 274 g/mol. The third kappa shape index (κ3) is 2.79. The maximum absolute atomic E-state index is 4.58. The highest BCUT2D eigenvalue weighted by atomic mass is 15.2. The molecule has 3 aromatic rings. The van der Waals surface area contributed by atoms with Gasteiger partial charge in [0, 0.05) is 13.1 Å². The Hall–Kier alpha value is -2.43. The Morgan fingerprint density at radius 3 is 2.45 bits per heavy atom. The predicted molar refractivity (Wildman–Crippen MR) is 89.0 cm³/mol. The van der Waals surface area contributed by atoms with E-state index in [1.165, 1.54) is 5.56 Å². The van der Waals surface area contributed by atoms with Crippen LogP contribution in [0.2, 0.25) is 0 Å². The summed E-state index contributed by atoms with van der Waals surface area (Å²) in [5, 5.41) is 3.46. The zero-order chi connectivity index (χ0) is 15.7. The van der Waals surface area contributed by atoms with Gasteiger partial charge in [0.15, 0.2) is 11.3 Å². The summed E-state index contributed by atoms with van der Waals surface area (Å²) in [6.07, 6.45) is 0.947. The summed E-state index contributed by atoms with van der Waals surface area (Å²) in [4.78, 5) is 13.7. The topological polar surface area (TPSA) is 55.6 Å². The van der Waals surface area contributed by atoms with E-state index in [9.17, 15) is 0 Å². The predicted octanol–water partition coefficient (Wildman–Crippen LogP) is 3.02. The molecule has 0 aliphatic heterocycles. The van der Waals surface area contributed by atoms with Gasteiger partial charge in [0.25, 0.3) is 0 Å². The van der Waals surface area contributed by atoms with Crippen molar-refractivity contribution in [2.75, 3.05) is 5.32 Å². The number of rotatable bonds is 4.